The summed E-state index contributed by atoms with van der Waals surface area (Å²) in [5.74, 6) is 0. The van der Waals surface area contributed by atoms with Gasteiger partial charge in [-0.1, -0.05) is 29.8 Å². The van der Waals surface area contributed by atoms with Gasteiger partial charge >= 0.3 is 0 Å². The second-order valence-electron chi connectivity index (χ2n) is 4.87. The van der Waals surface area contributed by atoms with Crippen LogP contribution in [0.2, 0.25) is 5.02 Å². The third-order valence-electron chi connectivity index (χ3n) is 3.51. The van der Waals surface area contributed by atoms with E-state index in [4.69, 9.17) is 17.3 Å². The molecular weight excluding hydrogens is 232 g/mol. The number of likely N-dealkylation sites (tertiary alicyclic amines) is 1. The fourth-order valence-electron chi connectivity index (χ4n) is 2.37. The molecule has 0 saturated carbocycles. The van der Waals surface area contributed by atoms with E-state index in [0.717, 1.165) is 43.9 Å². The highest BCUT2D eigenvalue weighted by atomic mass is 35.5. The van der Waals surface area contributed by atoms with E-state index < -0.39 is 0 Å². The summed E-state index contributed by atoms with van der Waals surface area (Å²) in [6.45, 7) is 3.48. The molecular formula is C14H21ClN2. The third-order valence-corrected chi connectivity index (χ3v) is 3.88. The summed E-state index contributed by atoms with van der Waals surface area (Å²) in [5, 5.41) is 0.896. The van der Waals surface area contributed by atoms with Crippen LogP contribution in [0.4, 0.5) is 0 Å². The molecule has 1 fully saturated rings. The van der Waals surface area contributed by atoms with Gasteiger partial charge < -0.3 is 10.6 Å². The first kappa shape index (κ1) is 12.9. The van der Waals surface area contributed by atoms with Crippen molar-refractivity contribution in [1.82, 2.24) is 4.90 Å². The molecule has 1 aliphatic rings. The predicted molar refractivity (Wildman–Crippen MR) is 73.4 cm³/mol. The summed E-state index contributed by atoms with van der Waals surface area (Å²) < 4.78 is 0. The molecule has 1 heterocycles. The minimum absolute atomic E-state index is 0.426. The van der Waals surface area contributed by atoms with Crippen molar-refractivity contribution in [2.45, 2.75) is 31.7 Å². The van der Waals surface area contributed by atoms with E-state index in [1.165, 1.54) is 12.0 Å². The molecule has 0 atom stereocenters. The van der Waals surface area contributed by atoms with Crippen LogP contribution in [0.5, 0.6) is 0 Å². The van der Waals surface area contributed by atoms with Gasteiger partial charge in [-0.15, -0.1) is 0 Å². The second-order valence-corrected chi connectivity index (χ2v) is 5.28. The predicted octanol–water partition coefficient (Wildman–Crippen LogP) is 2.70. The number of halogens is 1. The number of piperidine rings is 1. The molecule has 2 rings (SSSR count). The van der Waals surface area contributed by atoms with Crippen molar-refractivity contribution in [1.29, 1.82) is 0 Å². The first-order valence-electron chi connectivity index (χ1n) is 6.47. The lowest BCUT2D eigenvalue weighted by atomic mass is 10.0. The minimum Gasteiger partial charge on any atom is -0.328 e. The smallest absolute Gasteiger partial charge is 0.0437 e. The van der Waals surface area contributed by atoms with Gasteiger partial charge in [0.25, 0.3) is 0 Å². The number of hydrogen-bond donors (Lipinski definition) is 1. The Balaban J connectivity index is 1.71. The summed E-state index contributed by atoms with van der Waals surface area (Å²) in [5.41, 5.74) is 7.16. The lowest BCUT2D eigenvalue weighted by Crippen LogP contribution is -2.40. The molecule has 17 heavy (non-hydrogen) atoms. The maximum absolute atomic E-state index is 6.13. The van der Waals surface area contributed by atoms with Crippen LogP contribution >= 0.6 is 11.6 Å². The highest BCUT2D eigenvalue weighted by Crippen LogP contribution is 2.17. The van der Waals surface area contributed by atoms with Gasteiger partial charge in [-0.3, -0.25) is 0 Å². The molecule has 0 spiro atoms. The average Bonchev–Trinajstić information content (AvgIpc) is 2.34. The molecule has 0 bridgehead atoms. The Morgan fingerprint density at radius 3 is 2.65 bits per heavy atom. The Labute approximate surface area is 109 Å². The van der Waals surface area contributed by atoms with Gasteiger partial charge in [0.1, 0.15) is 0 Å². The normalized spacial score (nSPS) is 18.5. The van der Waals surface area contributed by atoms with Crippen LogP contribution in [0.1, 0.15) is 24.8 Å². The number of benzene rings is 1. The van der Waals surface area contributed by atoms with Gasteiger partial charge in [-0.2, -0.15) is 0 Å². The number of rotatable bonds is 4. The number of nitrogens with two attached hydrogens (primary N) is 1. The molecule has 0 aromatic heterocycles. The fourth-order valence-corrected chi connectivity index (χ4v) is 2.60. The topological polar surface area (TPSA) is 29.3 Å². The Bertz CT molecular complexity index is 346. The molecule has 0 aliphatic carbocycles. The van der Waals surface area contributed by atoms with E-state index in [1.807, 2.05) is 12.1 Å². The van der Waals surface area contributed by atoms with Crippen molar-refractivity contribution >= 4 is 11.6 Å². The molecule has 0 radical (unpaired) electrons. The maximum atomic E-state index is 6.13. The third kappa shape index (κ3) is 3.98. The van der Waals surface area contributed by atoms with E-state index in [-0.39, 0.29) is 0 Å². The summed E-state index contributed by atoms with van der Waals surface area (Å²) >= 11 is 6.13. The zero-order chi connectivity index (χ0) is 12.1. The SMILES string of the molecule is NC1CCN(CCCc2ccccc2Cl)CC1. The van der Waals surface area contributed by atoms with Crippen molar-refractivity contribution in [2.24, 2.45) is 5.73 Å². The van der Waals surface area contributed by atoms with Crippen molar-refractivity contribution in [2.75, 3.05) is 19.6 Å². The van der Waals surface area contributed by atoms with Gasteiger partial charge in [0, 0.05) is 11.1 Å². The fraction of sp³-hybridized carbons (Fsp3) is 0.571. The van der Waals surface area contributed by atoms with E-state index >= 15 is 0 Å². The van der Waals surface area contributed by atoms with Crippen molar-refractivity contribution in [3.8, 4) is 0 Å². The molecule has 0 unspecified atom stereocenters. The van der Waals surface area contributed by atoms with E-state index in [9.17, 15) is 0 Å². The highest BCUT2D eigenvalue weighted by molar-refractivity contribution is 6.31. The van der Waals surface area contributed by atoms with Crippen LogP contribution in [-0.2, 0) is 6.42 Å². The maximum Gasteiger partial charge on any atom is 0.0437 e. The first-order chi connectivity index (χ1) is 8.25. The standard InChI is InChI=1S/C14H21ClN2/c15-14-6-2-1-4-12(14)5-3-9-17-10-7-13(16)8-11-17/h1-2,4,6,13H,3,5,7-11,16H2. The molecule has 0 amide bonds. The van der Waals surface area contributed by atoms with Gasteiger partial charge in [-0.25, -0.2) is 0 Å². The molecule has 94 valence electrons. The lowest BCUT2D eigenvalue weighted by molar-refractivity contribution is 0.211. The number of nitrogens with zero attached hydrogens (tertiary/aromatic N) is 1. The lowest BCUT2D eigenvalue weighted by Gasteiger charge is -2.29. The first-order valence-corrected chi connectivity index (χ1v) is 6.85. The minimum atomic E-state index is 0.426. The van der Waals surface area contributed by atoms with Crippen molar-refractivity contribution < 1.29 is 0 Å². The van der Waals surface area contributed by atoms with Gasteiger partial charge in [-0.05, 0) is 56.9 Å². The van der Waals surface area contributed by atoms with Crippen molar-refractivity contribution in [3.63, 3.8) is 0 Å². The number of hydrogen-bond acceptors (Lipinski definition) is 2. The molecule has 2 nitrogen and oxygen atoms in total. The van der Waals surface area contributed by atoms with Crippen LogP contribution < -0.4 is 5.73 Å². The van der Waals surface area contributed by atoms with Crippen LogP contribution in [0.25, 0.3) is 0 Å². The van der Waals surface area contributed by atoms with Crippen LogP contribution in [-0.4, -0.2) is 30.6 Å². The molecule has 1 aromatic rings. The Morgan fingerprint density at radius 2 is 1.94 bits per heavy atom. The molecule has 1 saturated heterocycles. The quantitative estimate of drug-likeness (QED) is 0.893. The van der Waals surface area contributed by atoms with E-state index in [0.29, 0.717) is 6.04 Å². The molecule has 1 aromatic carbocycles. The second kappa shape index (κ2) is 6.39. The molecule has 2 N–H and O–H groups in total. The van der Waals surface area contributed by atoms with Crippen molar-refractivity contribution in [3.05, 3.63) is 34.9 Å². The Hall–Kier alpha value is -0.570. The summed E-state index contributed by atoms with van der Waals surface area (Å²) in [4.78, 5) is 2.51. The molecule has 3 heteroatoms. The van der Waals surface area contributed by atoms with E-state index in [1.54, 1.807) is 0 Å². The average molecular weight is 253 g/mol. The molecule has 1 aliphatic heterocycles. The van der Waals surface area contributed by atoms with Crippen LogP contribution in [0, 0.1) is 0 Å². The van der Waals surface area contributed by atoms with Crippen LogP contribution in [0.15, 0.2) is 24.3 Å². The van der Waals surface area contributed by atoms with E-state index in [2.05, 4.69) is 17.0 Å². The summed E-state index contributed by atoms with van der Waals surface area (Å²) in [6, 6.07) is 8.55. The zero-order valence-electron chi connectivity index (χ0n) is 10.2. The zero-order valence-corrected chi connectivity index (χ0v) is 11.0. The Morgan fingerprint density at radius 1 is 1.24 bits per heavy atom. The van der Waals surface area contributed by atoms with Gasteiger partial charge in [0.2, 0.25) is 0 Å². The highest BCUT2D eigenvalue weighted by Gasteiger charge is 2.15. The van der Waals surface area contributed by atoms with Gasteiger partial charge in [0.05, 0.1) is 0 Å². The monoisotopic (exact) mass is 252 g/mol. The Kier molecular flexibility index (Phi) is 4.84. The number of aryl methyl sites for hydroxylation is 1. The van der Waals surface area contributed by atoms with Gasteiger partial charge in [0.15, 0.2) is 0 Å². The summed E-state index contributed by atoms with van der Waals surface area (Å²) in [6.07, 6.45) is 4.54. The van der Waals surface area contributed by atoms with Crippen LogP contribution in [0.3, 0.4) is 0 Å². The summed E-state index contributed by atoms with van der Waals surface area (Å²) in [7, 11) is 0. The largest absolute Gasteiger partial charge is 0.328 e.